The predicted molar refractivity (Wildman–Crippen MR) is 123 cm³/mol. The Kier molecular flexibility index (Phi) is 5.25. The van der Waals surface area contributed by atoms with Gasteiger partial charge in [0.15, 0.2) is 5.82 Å². The van der Waals surface area contributed by atoms with Crippen molar-refractivity contribution in [3.63, 3.8) is 0 Å². The van der Waals surface area contributed by atoms with Crippen LogP contribution in [0.2, 0.25) is 0 Å². The zero-order chi connectivity index (χ0) is 22.1. The van der Waals surface area contributed by atoms with Crippen molar-refractivity contribution >= 4 is 17.6 Å². The van der Waals surface area contributed by atoms with Gasteiger partial charge in [0.2, 0.25) is 0 Å². The molecule has 162 valence electrons. The van der Waals surface area contributed by atoms with E-state index in [0.29, 0.717) is 11.7 Å². The van der Waals surface area contributed by atoms with Crippen molar-refractivity contribution in [2.24, 2.45) is 10.9 Å². The molecule has 7 heteroatoms. The van der Waals surface area contributed by atoms with Gasteiger partial charge in [0.05, 0.1) is 11.1 Å². The highest BCUT2D eigenvalue weighted by molar-refractivity contribution is 6.13. The van der Waals surface area contributed by atoms with Crippen molar-refractivity contribution in [2.75, 3.05) is 0 Å². The Morgan fingerprint density at radius 1 is 1.16 bits per heavy atom. The second kappa shape index (κ2) is 8.22. The van der Waals surface area contributed by atoms with Crippen molar-refractivity contribution in [1.29, 1.82) is 5.41 Å². The maximum atomic E-state index is 13.2. The van der Waals surface area contributed by atoms with E-state index >= 15 is 0 Å². The molecule has 32 heavy (non-hydrogen) atoms. The van der Waals surface area contributed by atoms with Crippen LogP contribution in [0.4, 0.5) is 4.39 Å². The van der Waals surface area contributed by atoms with Crippen molar-refractivity contribution in [3.05, 3.63) is 71.6 Å². The molecule has 5 rings (SSSR count). The number of nitrogens with one attached hydrogen (secondary N) is 2. The quantitative estimate of drug-likeness (QED) is 0.575. The lowest BCUT2D eigenvalue weighted by Gasteiger charge is -2.40. The van der Waals surface area contributed by atoms with E-state index in [1.54, 1.807) is 18.3 Å². The Hall–Kier alpha value is -3.48. The van der Waals surface area contributed by atoms with Gasteiger partial charge in [0.1, 0.15) is 17.5 Å². The fourth-order valence-electron chi connectivity index (χ4n) is 4.45. The Balaban J connectivity index is 1.42. The van der Waals surface area contributed by atoms with Crippen molar-refractivity contribution < 1.29 is 4.39 Å². The van der Waals surface area contributed by atoms with Gasteiger partial charge in [-0.25, -0.2) is 14.4 Å². The Bertz CT molecular complexity index is 1190. The summed E-state index contributed by atoms with van der Waals surface area (Å²) in [5, 5.41) is 15.6. The van der Waals surface area contributed by atoms with Crippen LogP contribution in [0, 0.1) is 17.1 Å². The van der Waals surface area contributed by atoms with Crippen LogP contribution in [-0.2, 0) is 5.41 Å². The second-order valence-corrected chi connectivity index (χ2v) is 8.53. The molecule has 0 bridgehead atoms. The van der Waals surface area contributed by atoms with Crippen LogP contribution in [-0.4, -0.2) is 32.2 Å². The first-order chi connectivity index (χ1) is 15.6. The molecule has 3 heterocycles. The smallest absolute Gasteiger partial charge is 0.181 e. The first-order valence-corrected chi connectivity index (χ1v) is 11.1. The fraction of sp³-hybridized carbons (Fsp3) is 0.320. The molecule has 0 spiro atoms. The van der Waals surface area contributed by atoms with Crippen molar-refractivity contribution in [3.8, 4) is 11.4 Å². The minimum Gasteiger partial charge on any atom is -0.286 e. The molecule has 2 aliphatic rings. The number of rotatable bonds is 5. The number of aromatic nitrogens is 4. The summed E-state index contributed by atoms with van der Waals surface area (Å²) >= 11 is 0. The minimum absolute atomic E-state index is 0.169. The van der Waals surface area contributed by atoms with E-state index in [-0.39, 0.29) is 17.2 Å². The van der Waals surface area contributed by atoms with Gasteiger partial charge in [-0.3, -0.25) is 15.5 Å². The summed E-state index contributed by atoms with van der Waals surface area (Å²) in [7, 11) is 0. The largest absolute Gasteiger partial charge is 0.286 e. The van der Waals surface area contributed by atoms with Gasteiger partial charge < -0.3 is 0 Å². The number of hydrogen-bond donors (Lipinski definition) is 2. The average molecular weight is 429 g/mol. The molecule has 1 unspecified atom stereocenters. The Labute approximate surface area is 186 Å². The zero-order valence-corrected chi connectivity index (χ0v) is 18.0. The zero-order valence-electron chi connectivity index (χ0n) is 18.0. The van der Waals surface area contributed by atoms with E-state index in [2.05, 4.69) is 34.3 Å². The minimum atomic E-state index is -0.276. The molecule has 0 saturated heterocycles. The average Bonchev–Trinajstić information content (AvgIpc) is 3.18. The highest BCUT2D eigenvalue weighted by Gasteiger charge is 2.43. The number of H-pyrrole nitrogens is 1. The van der Waals surface area contributed by atoms with E-state index in [1.807, 2.05) is 12.3 Å². The molecule has 1 aromatic carbocycles. The van der Waals surface area contributed by atoms with Gasteiger partial charge in [-0.2, -0.15) is 5.10 Å². The lowest BCUT2D eigenvalue weighted by molar-refractivity contribution is 0.285. The molecule has 2 aromatic heterocycles. The maximum absolute atomic E-state index is 13.2. The molecule has 1 fully saturated rings. The van der Waals surface area contributed by atoms with E-state index < -0.39 is 0 Å². The highest BCUT2D eigenvalue weighted by atomic mass is 19.1. The monoisotopic (exact) mass is 428 g/mol. The Morgan fingerprint density at radius 3 is 2.62 bits per heavy atom. The van der Waals surface area contributed by atoms with Gasteiger partial charge in [0, 0.05) is 29.5 Å². The predicted octanol–water partition coefficient (Wildman–Crippen LogP) is 5.34. The number of nitrogens with zero attached hydrogens (tertiary/aromatic N) is 4. The van der Waals surface area contributed by atoms with Gasteiger partial charge in [-0.1, -0.05) is 25.5 Å². The van der Waals surface area contributed by atoms with Crippen LogP contribution < -0.4 is 0 Å². The number of amidine groups is 1. The van der Waals surface area contributed by atoms with E-state index in [0.717, 1.165) is 60.3 Å². The van der Waals surface area contributed by atoms with E-state index in [9.17, 15) is 4.39 Å². The van der Waals surface area contributed by atoms with Gasteiger partial charge >= 0.3 is 0 Å². The Morgan fingerprint density at radius 2 is 1.97 bits per heavy atom. The summed E-state index contributed by atoms with van der Waals surface area (Å²) in [6.07, 6.45) is 10.6. The number of halogens is 1. The van der Waals surface area contributed by atoms with Gasteiger partial charge in [0.25, 0.3) is 0 Å². The topological polar surface area (TPSA) is 90.7 Å². The van der Waals surface area contributed by atoms with Crippen LogP contribution in [0.1, 0.15) is 56.1 Å². The van der Waals surface area contributed by atoms with Crippen LogP contribution in [0.15, 0.2) is 53.7 Å². The van der Waals surface area contributed by atoms with Crippen molar-refractivity contribution in [2.45, 2.75) is 44.4 Å². The molecule has 1 saturated carbocycles. The van der Waals surface area contributed by atoms with Crippen LogP contribution in [0.5, 0.6) is 0 Å². The number of aliphatic imine (C=N–C) groups is 1. The molecule has 1 atom stereocenters. The summed E-state index contributed by atoms with van der Waals surface area (Å²) in [5.74, 6) is 1.73. The summed E-state index contributed by atoms with van der Waals surface area (Å²) in [5.41, 5.74) is 3.49. The van der Waals surface area contributed by atoms with Crippen molar-refractivity contribution in [1.82, 2.24) is 20.2 Å². The standard InChI is InChI=1S/C25H25FN6/c1-2-16-4-5-18(14-29-22(16)27)21-11-8-19(15-28-21)25(12-3-13-25)24-30-23(31-32-24)17-6-9-20(26)10-7-17/h5-11,14-16,27H,2-4,12-13H2,1H3,(H,30,31,32). The van der Waals surface area contributed by atoms with Crippen LogP contribution in [0.25, 0.3) is 17.0 Å². The molecule has 1 aliphatic carbocycles. The molecule has 0 amide bonds. The van der Waals surface area contributed by atoms with Crippen LogP contribution in [0.3, 0.4) is 0 Å². The van der Waals surface area contributed by atoms with E-state index in [4.69, 9.17) is 15.4 Å². The number of aromatic amines is 1. The maximum Gasteiger partial charge on any atom is 0.181 e. The molecule has 1 aliphatic heterocycles. The third-order valence-corrected chi connectivity index (χ3v) is 6.70. The summed E-state index contributed by atoms with van der Waals surface area (Å²) in [4.78, 5) is 13.8. The normalized spacial score (nSPS) is 19.9. The van der Waals surface area contributed by atoms with E-state index in [1.165, 1.54) is 12.1 Å². The second-order valence-electron chi connectivity index (χ2n) is 8.53. The third kappa shape index (κ3) is 3.57. The lowest BCUT2D eigenvalue weighted by Crippen LogP contribution is -2.36. The molecule has 0 radical (unpaired) electrons. The number of pyridine rings is 1. The number of hydrogen-bond acceptors (Lipinski definition) is 4. The fourth-order valence-corrected chi connectivity index (χ4v) is 4.45. The first-order valence-electron chi connectivity index (χ1n) is 11.1. The SMILES string of the molecule is CCC1CC=C(c2ccc(C3(c4nc(-c5ccc(F)cc5)n[nH]4)CCC3)cn2)C=NC1=N. The first kappa shape index (κ1) is 20.4. The van der Waals surface area contributed by atoms with Gasteiger partial charge in [-0.05, 0) is 61.6 Å². The summed E-state index contributed by atoms with van der Waals surface area (Å²) in [6.45, 7) is 2.09. The summed E-state index contributed by atoms with van der Waals surface area (Å²) in [6, 6.07) is 10.4. The number of benzene rings is 1. The van der Waals surface area contributed by atoms with Crippen LogP contribution >= 0.6 is 0 Å². The number of allylic oxidation sites excluding steroid dienone is 2. The molecule has 3 aromatic rings. The third-order valence-electron chi connectivity index (χ3n) is 6.70. The molecular formula is C25H25FN6. The molecular weight excluding hydrogens is 403 g/mol. The molecule has 6 nitrogen and oxygen atoms in total. The highest BCUT2D eigenvalue weighted by Crippen LogP contribution is 2.47. The lowest BCUT2D eigenvalue weighted by atomic mass is 9.64. The summed E-state index contributed by atoms with van der Waals surface area (Å²) < 4.78 is 13.2. The van der Waals surface area contributed by atoms with Gasteiger partial charge in [-0.15, -0.1) is 0 Å². The molecule has 2 N–H and O–H groups in total.